The van der Waals surface area contributed by atoms with Crippen LogP contribution < -0.4 is 9.47 Å². The zero-order valence-electron chi connectivity index (χ0n) is 22.8. The Kier molecular flexibility index (Phi) is 6.66. The standard InChI is InChI=1S/C31H34O8/c1-18-16-20(33)17-30(5)25(28(35)38-22-14-10-7-11-15-22)23(27(34)37-21-12-8-6-9-13-21)24-26(36-19(2)32)31(18,30)39-29(24,3)4/h6-15,18,23-26H,16-17H2,1-5H3/t18-,23-,24-,25+,26-,30+,31-/m1/s1. The number of ether oxygens (including phenoxy) is 4. The Hall–Kier alpha value is -3.52. The summed E-state index contributed by atoms with van der Waals surface area (Å²) < 4.78 is 24.5. The van der Waals surface area contributed by atoms with Gasteiger partial charge in [-0.15, -0.1) is 0 Å². The van der Waals surface area contributed by atoms with Crippen LogP contribution in [0.1, 0.15) is 47.5 Å². The first kappa shape index (κ1) is 27.1. The lowest BCUT2D eigenvalue weighted by Crippen LogP contribution is -2.72. The van der Waals surface area contributed by atoms with E-state index in [1.54, 1.807) is 67.6 Å². The number of Topliss-reactive ketones (excluding diaryl/α,β-unsaturated/α-hetero) is 1. The molecule has 8 heteroatoms. The number of carbonyl (C=O) groups excluding carboxylic acids is 4. The van der Waals surface area contributed by atoms with E-state index >= 15 is 0 Å². The molecule has 2 aromatic carbocycles. The summed E-state index contributed by atoms with van der Waals surface area (Å²) >= 11 is 0. The van der Waals surface area contributed by atoms with E-state index in [4.69, 9.17) is 18.9 Å². The van der Waals surface area contributed by atoms with Crippen LogP contribution in [0.3, 0.4) is 0 Å². The number of carbonyl (C=O) groups is 4. The number of para-hydroxylation sites is 2. The monoisotopic (exact) mass is 534 g/mol. The van der Waals surface area contributed by atoms with Crippen molar-refractivity contribution in [1.82, 2.24) is 0 Å². The van der Waals surface area contributed by atoms with E-state index < -0.39 is 64.3 Å². The van der Waals surface area contributed by atoms with Crippen molar-refractivity contribution in [1.29, 1.82) is 0 Å². The second kappa shape index (κ2) is 9.59. The van der Waals surface area contributed by atoms with Gasteiger partial charge in [0, 0.05) is 31.1 Å². The van der Waals surface area contributed by atoms with Crippen LogP contribution in [0.25, 0.3) is 0 Å². The molecule has 1 heterocycles. The van der Waals surface area contributed by atoms with Crippen LogP contribution >= 0.6 is 0 Å². The maximum absolute atomic E-state index is 14.2. The summed E-state index contributed by atoms with van der Waals surface area (Å²) in [6.45, 7) is 8.65. The first-order valence-electron chi connectivity index (χ1n) is 13.3. The Morgan fingerprint density at radius 1 is 0.872 bits per heavy atom. The summed E-state index contributed by atoms with van der Waals surface area (Å²) in [7, 11) is 0. The second-order valence-corrected chi connectivity index (χ2v) is 11.8. The van der Waals surface area contributed by atoms with Gasteiger partial charge >= 0.3 is 17.9 Å². The summed E-state index contributed by atoms with van der Waals surface area (Å²) in [5.41, 5.74) is -3.44. The van der Waals surface area contributed by atoms with Crippen molar-refractivity contribution in [2.75, 3.05) is 0 Å². The Morgan fingerprint density at radius 2 is 1.41 bits per heavy atom. The van der Waals surface area contributed by atoms with Crippen molar-refractivity contribution < 1.29 is 38.1 Å². The molecule has 0 aromatic heterocycles. The normalized spacial score (nSPS) is 34.5. The average molecular weight is 535 g/mol. The van der Waals surface area contributed by atoms with Crippen LogP contribution in [0.5, 0.6) is 11.5 Å². The van der Waals surface area contributed by atoms with Crippen molar-refractivity contribution in [3.05, 3.63) is 60.7 Å². The maximum Gasteiger partial charge on any atom is 0.315 e. The summed E-state index contributed by atoms with van der Waals surface area (Å²) in [6, 6.07) is 17.2. The summed E-state index contributed by atoms with van der Waals surface area (Å²) in [5.74, 6) is -4.65. The topological polar surface area (TPSA) is 105 Å². The van der Waals surface area contributed by atoms with Crippen molar-refractivity contribution in [3.63, 3.8) is 0 Å². The Balaban J connectivity index is 1.70. The second-order valence-electron chi connectivity index (χ2n) is 11.8. The fraction of sp³-hybridized carbons (Fsp3) is 0.484. The van der Waals surface area contributed by atoms with Gasteiger partial charge in [0.15, 0.2) is 0 Å². The molecule has 39 heavy (non-hydrogen) atoms. The predicted molar refractivity (Wildman–Crippen MR) is 140 cm³/mol. The van der Waals surface area contributed by atoms with Crippen molar-refractivity contribution >= 4 is 23.7 Å². The SMILES string of the molecule is CC(=O)O[C@@H]1[C@H]2[C@@H](C(=O)Oc3ccccc3)[C@@H](C(=O)Oc3ccccc3)[C@]3(C)CC(=O)C[C@@H](C)[C@@]13OC2(C)C. The number of esters is 3. The molecule has 0 amide bonds. The molecular formula is C31H34O8. The van der Waals surface area contributed by atoms with Crippen LogP contribution in [-0.4, -0.2) is 41.0 Å². The van der Waals surface area contributed by atoms with E-state index in [1.807, 2.05) is 20.8 Å². The minimum atomic E-state index is -1.24. The predicted octanol–water partition coefficient (Wildman–Crippen LogP) is 4.54. The highest BCUT2D eigenvalue weighted by Crippen LogP contribution is 2.69. The molecule has 2 saturated carbocycles. The Bertz CT molecular complexity index is 1290. The van der Waals surface area contributed by atoms with Gasteiger partial charge < -0.3 is 18.9 Å². The molecule has 3 fully saturated rings. The van der Waals surface area contributed by atoms with Gasteiger partial charge in [-0.25, -0.2) is 0 Å². The van der Waals surface area contributed by atoms with Crippen molar-refractivity contribution in [2.45, 2.75) is 64.8 Å². The minimum Gasteiger partial charge on any atom is -0.459 e. The highest BCUT2D eigenvalue weighted by molar-refractivity contribution is 5.89. The van der Waals surface area contributed by atoms with E-state index in [1.165, 1.54) is 6.92 Å². The zero-order chi connectivity index (χ0) is 28.2. The molecular weight excluding hydrogens is 500 g/mol. The molecule has 206 valence electrons. The molecule has 1 spiro atoms. The lowest BCUT2D eigenvalue weighted by molar-refractivity contribution is -0.248. The van der Waals surface area contributed by atoms with Gasteiger partial charge in [0.1, 0.15) is 29.0 Å². The van der Waals surface area contributed by atoms with Gasteiger partial charge in [-0.2, -0.15) is 0 Å². The van der Waals surface area contributed by atoms with Gasteiger partial charge in [0.2, 0.25) is 0 Å². The fourth-order valence-electron chi connectivity index (χ4n) is 7.64. The van der Waals surface area contributed by atoms with Crippen LogP contribution in [0.4, 0.5) is 0 Å². The fourth-order valence-corrected chi connectivity index (χ4v) is 7.64. The third-order valence-corrected chi connectivity index (χ3v) is 8.88. The summed E-state index contributed by atoms with van der Waals surface area (Å²) in [5, 5.41) is 0. The first-order chi connectivity index (χ1) is 18.4. The number of rotatable bonds is 5. The highest BCUT2D eigenvalue weighted by atomic mass is 16.6. The van der Waals surface area contributed by atoms with E-state index in [0.29, 0.717) is 11.5 Å². The number of benzene rings is 2. The van der Waals surface area contributed by atoms with Crippen LogP contribution in [-0.2, 0) is 28.7 Å². The Labute approximate surface area is 228 Å². The molecule has 0 N–H and O–H groups in total. The largest absolute Gasteiger partial charge is 0.459 e. The summed E-state index contributed by atoms with van der Waals surface area (Å²) in [6.07, 6.45) is -0.718. The van der Waals surface area contributed by atoms with Crippen LogP contribution in [0.2, 0.25) is 0 Å². The van der Waals surface area contributed by atoms with E-state index in [-0.39, 0.29) is 18.6 Å². The van der Waals surface area contributed by atoms with E-state index in [9.17, 15) is 19.2 Å². The van der Waals surface area contributed by atoms with Gasteiger partial charge in [-0.1, -0.05) is 50.2 Å². The van der Waals surface area contributed by atoms with Gasteiger partial charge in [0.25, 0.3) is 0 Å². The first-order valence-corrected chi connectivity index (χ1v) is 13.3. The molecule has 5 rings (SSSR count). The van der Waals surface area contributed by atoms with Gasteiger partial charge in [-0.3, -0.25) is 19.2 Å². The third-order valence-electron chi connectivity index (χ3n) is 8.88. The van der Waals surface area contributed by atoms with Crippen molar-refractivity contribution in [2.24, 2.45) is 29.1 Å². The number of hydrogen-bond acceptors (Lipinski definition) is 8. The molecule has 2 aliphatic carbocycles. The van der Waals surface area contributed by atoms with Gasteiger partial charge in [-0.05, 0) is 44.0 Å². The summed E-state index contributed by atoms with van der Waals surface area (Å²) in [4.78, 5) is 53.9. The van der Waals surface area contributed by atoms with E-state index in [0.717, 1.165) is 0 Å². The molecule has 0 radical (unpaired) electrons. The van der Waals surface area contributed by atoms with Crippen LogP contribution in [0.15, 0.2) is 60.7 Å². The smallest absolute Gasteiger partial charge is 0.315 e. The lowest BCUT2D eigenvalue weighted by atomic mass is 9.44. The minimum absolute atomic E-state index is 0.0401. The average Bonchev–Trinajstić information content (AvgIpc) is 3.04. The molecule has 1 aliphatic heterocycles. The zero-order valence-corrected chi connectivity index (χ0v) is 22.8. The lowest BCUT2D eigenvalue weighted by Gasteiger charge is -2.60. The molecule has 2 aromatic rings. The quantitative estimate of drug-likeness (QED) is 0.407. The van der Waals surface area contributed by atoms with Crippen molar-refractivity contribution in [3.8, 4) is 11.5 Å². The molecule has 2 bridgehead atoms. The molecule has 7 atom stereocenters. The number of hydrogen-bond donors (Lipinski definition) is 0. The molecule has 8 nitrogen and oxygen atoms in total. The van der Waals surface area contributed by atoms with E-state index in [2.05, 4.69) is 0 Å². The number of ketones is 1. The molecule has 1 saturated heterocycles. The Morgan fingerprint density at radius 3 is 1.95 bits per heavy atom. The third kappa shape index (κ3) is 4.25. The van der Waals surface area contributed by atoms with Crippen LogP contribution in [0, 0.1) is 29.1 Å². The van der Waals surface area contributed by atoms with Gasteiger partial charge in [0.05, 0.1) is 17.4 Å². The maximum atomic E-state index is 14.2. The molecule has 0 unspecified atom stereocenters. The molecule has 3 aliphatic rings. The number of fused-ring (bicyclic) bond motifs is 1. The highest BCUT2D eigenvalue weighted by Gasteiger charge is 2.81.